The molecule has 0 aliphatic carbocycles. The van der Waals surface area contributed by atoms with Crippen molar-refractivity contribution in [1.82, 2.24) is 0 Å². The van der Waals surface area contributed by atoms with E-state index < -0.39 is 17.5 Å². The van der Waals surface area contributed by atoms with Crippen LogP contribution in [0.25, 0.3) is 0 Å². The van der Waals surface area contributed by atoms with Gasteiger partial charge in [0.2, 0.25) is 5.78 Å². The fourth-order valence-electron chi connectivity index (χ4n) is 1.47. The Morgan fingerprint density at radius 2 is 1.80 bits per heavy atom. The third-order valence-electron chi connectivity index (χ3n) is 2.41. The van der Waals surface area contributed by atoms with Crippen LogP contribution in [0, 0.1) is 0 Å². The zero-order valence-electron chi connectivity index (χ0n) is 9.39. The van der Waals surface area contributed by atoms with Crippen LogP contribution in [0.1, 0.15) is 20.8 Å². The van der Waals surface area contributed by atoms with E-state index in [1.54, 1.807) is 0 Å². The van der Waals surface area contributed by atoms with Crippen LogP contribution in [0.3, 0.4) is 0 Å². The van der Waals surface area contributed by atoms with Gasteiger partial charge in [-0.1, -0.05) is 27.5 Å². The van der Waals surface area contributed by atoms with E-state index >= 15 is 0 Å². The van der Waals surface area contributed by atoms with Crippen molar-refractivity contribution in [3.8, 4) is 0 Å². The Morgan fingerprint density at radius 3 is 2.30 bits per heavy atom. The van der Waals surface area contributed by atoms with Crippen LogP contribution >= 0.6 is 54.8 Å². The maximum Gasteiger partial charge on any atom is 0.416 e. The highest BCUT2D eigenvalue weighted by Crippen LogP contribution is 2.36. The van der Waals surface area contributed by atoms with Crippen LogP contribution in [0.5, 0.6) is 0 Å². The number of rotatable bonds is 2. The SMILES string of the molecule is O=C(c1cc(Br)c(Cl)s1)c1cc(C(F)(F)F)ccc1Br. The van der Waals surface area contributed by atoms with E-state index in [1.807, 2.05) is 0 Å². The molecule has 0 unspecified atom stereocenters. The van der Waals surface area contributed by atoms with Gasteiger partial charge in [0, 0.05) is 14.5 Å². The molecule has 8 heteroatoms. The Morgan fingerprint density at radius 1 is 1.15 bits per heavy atom. The number of carbonyl (C=O) groups excluding carboxylic acids is 1. The molecule has 2 rings (SSSR count). The number of alkyl halides is 3. The van der Waals surface area contributed by atoms with Gasteiger partial charge < -0.3 is 0 Å². The maximum atomic E-state index is 12.7. The second-order valence-electron chi connectivity index (χ2n) is 3.75. The lowest BCUT2D eigenvalue weighted by Crippen LogP contribution is -2.08. The van der Waals surface area contributed by atoms with Gasteiger partial charge >= 0.3 is 6.18 Å². The van der Waals surface area contributed by atoms with Crippen molar-refractivity contribution in [3.63, 3.8) is 0 Å². The molecule has 0 radical (unpaired) electrons. The zero-order valence-corrected chi connectivity index (χ0v) is 14.1. The summed E-state index contributed by atoms with van der Waals surface area (Å²) in [6.07, 6.45) is -4.50. The largest absolute Gasteiger partial charge is 0.416 e. The molecule has 1 aromatic heterocycles. The van der Waals surface area contributed by atoms with Crippen molar-refractivity contribution >= 4 is 60.6 Å². The second kappa shape index (κ2) is 5.79. The smallest absolute Gasteiger partial charge is 0.288 e. The molecule has 0 N–H and O–H groups in total. The van der Waals surface area contributed by atoms with Crippen molar-refractivity contribution < 1.29 is 18.0 Å². The molecule has 1 heterocycles. The molecular weight excluding hydrogens is 444 g/mol. The summed E-state index contributed by atoms with van der Waals surface area (Å²) in [5.41, 5.74) is -0.920. The number of hydrogen-bond acceptors (Lipinski definition) is 2. The average molecular weight is 448 g/mol. The van der Waals surface area contributed by atoms with Gasteiger partial charge in [-0.15, -0.1) is 11.3 Å². The summed E-state index contributed by atoms with van der Waals surface area (Å²) in [5.74, 6) is -0.513. The Hall–Kier alpha value is -0.370. The highest BCUT2D eigenvalue weighted by Gasteiger charge is 2.32. The molecule has 0 amide bonds. The van der Waals surface area contributed by atoms with E-state index in [1.165, 1.54) is 12.1 Å². The minimum atomic E-state index is -4.50. The first-order chi connectivity index (χ1) is 9.20. The Balaban J connectivity index is 2.49. The first-order valence-electron chi connectivity index (χ1n) is 5.06. The van der Waals surface area contributed by atoms with Crippen LogP contribution in [0.4, 0.5) is 13.2 Å². The van der Waals surface area contributed by atoms with Gasteiger partial charge in [0.1, 0.15) is 4.34 Å². The normalized spacial score (nSPS) is 11.7. The molecule has 2 aromatic rings. The van der Waals surface area contributed by atoms with Gasteiger partial charge in [0.25, 0.3) is 0 Å². The molecule has 0 aliphatic heterocycles. The number of benzene rings is 1. The van der Waals surface area contributed by atoms with Crippen LogP contribution in [-0.2, 0) is 6.18 Å². The second-order valence-corrected chi connectivity index (χ2v) is 7.12. The minimum Gasteiger partial charge on any atom is -0.288 e. The van der Waals surface area contributed by atoms with Gasteiger partial charge in [-0.25, -0.2) is 0 Å². The van der Waals surface area contributed by atoms with Crippen molar-refractivity contribution in [3.05, 3.63) is 53.6 Å². The number of thiophene rings is 1. The summed E-state index contributed by atoms with van der Waals surface area (Å²) >= 11 is 13.1. The third-order valence-corrected chi connectivity index (χ3v) is 5.57. The third kappa shape index (κ3) is 3.27. The average Bonchev–Trinajstić information content (AvgIpc) is 2.68. The molecule has 0 atom stereocenters. The molecule has 1 nitrogen and oxygen atoms in total. The van der Waals surface area contributed by atoms with Crippen molar-refractivity contribution in [2.45, 2.75) is 6.18 Å². The molecule has 0 bridgehead atoms. The lowest BCUT2D eigenvalue weighted by atomic mass is 10.1. The summed E-state index contributed by atoms with van der Waals surface area (Å²) in [4.78, 5) is 12.5. The Kier molecular flexibility index (Phi) is 4.63. The summed E-state index contributed by atoms with van der Waals surface area (Å²) in [6.45, 7) is 0. The molecule has 0 saturated carbocycles. The van der Waals surface area contributed by atoms with Crippen LogP contribution < -0.4 is 0 Å². The number of hydrogen-bond donors (Lipinski definition) is 0. The van der Waals surface area contributed by atoms with E-state index in [0.29, 0.717) is 13.3 Å². The van der Waals surface area contributed by atoms with Crippen molar-refractivity contribution in [2.75, 3.05) is 0 Å². The summed E-state index contributed by atoms with van der Waals surface area (Å²) < 4.78 is 39.3. The molecule has 20 heavy (non-hydrogen) atoms. The summed E-state index contributed by atoms with van der Waals surface area (Å²) in [5, 5.41) is 0. The first kappa shape index (κ1) is 16.0. The van der Waals surface area contributed by atoms with E-state index in [9.17, 15) is 18.0 Å². The molecular formula is C12H4Br2ClF3OS. The predicted octanol–water partition coefficient (Wildman–Crippen LogP) is 6.18. The fourth-order valence-corrected chi connectivity index (χ4v) is 3.55. The minimum absolute atomic E-state index is 0.0507. The highest BCUT2D eigenvalue weighted by molar-refractivity contribution is 9.11. The van der Waals surface area contributed by atoms with Gasteiger partial charge in [0.15, 0.2) is 0 Å². The highest BCUT2D eigenvalue weighted by atomic mass is 79.9. The predicted molar refractivity (Wildman–Crippen MR) is 79.6 cm³/mol. The quantitative estimate of drug-likeness (QED) is 0.502. The summed E-state index contributed by atoms with van der Waals surface area (Å²) in [7, 11) is 0. The molecule has 0 saturated heterocycles. The first-order valence-corrected chi connectivity index (χ1v) is 7.84. The maximum absolute atomic E-state index is 12.7. The Labute approximate surface area is 138 Å². The Bertz CT molecular complexity index is 662. The van der Waals surface area contributed by atoms with Crippen LogP contribution in [0.15, 0.2) is 33.2 Å². The van der Waals surface area contributed by atoms with Crippen molar-refractivity contribution in [1.29, 1.82) is 0 Å². The summed E-state index contributed by atoms with van der Waals surface area (Å²) in [6, 6.07) is 4.44. The van der Waals surface area contributed by atoms with Gasteiger partial charge in [-0.05, 0) is 40.2 Å². The molecule has 106 valence electrons. The van der Waals surface area contributed by atoms with E-state index in [-0.39, 0.29) is 10.4 Å². The number of halogens is 6. The van der Waals surface area contributed by atoms with Gasteiger partial charge in [-0.3, -0.25) is 4.79 Å². The van der Waals surface area contributed by atoms with Crippen LogP contribution in [0.2, 0.25) is 4.34 Å². The van der Waals surface area contributed by atoms with E-state index in [0.717, 1.165) is 23.5 Å². The lowest BCUT2D eigenvalue weighted by Gasteiger charge is -2.09. The molecule has 1 aromatic carbocycles. The molecule has 0 spiro atoms. The van der Waals surface area contributed by atoms with Gasteiger partial charge in [0.05, 0.1) is 10.4 Å². The van der Waals surface area contributed by atoms with E-state index in [4.69, 9.17) is 11.6 Å². The standard InChI is InChI=1S/C12H4Br2ClF3OS/c13-7-2-1-5(12(16,17)18)3-6(7)10(19)9-4-8(14)11(15)20-9/h1-4H. The van der Waals surface area contributed by atoms with Crippen LogP contribution in [-0.4, -0.2) is 5.78 Å². The van der Waals surface area contributed by atoms with Crippen molar-refractivity contribution in [2.24, 2.45) is 0 Å². The zero-order chi connectivity index (χ0) is 15.1. The lowest BCUT2D eigenvalue weighted by molar-refractivity contribution is -0.137. The topological polar surface area (TPSA) is 17.1 Å². The molecule has 0 aliphatic rings. The molecule has 0 fully saturated rings. The van der Waals surface area contributed by atoms with Gasteiger partial charge in [-0.2, -0.15) is 13.2 Å². The number of ketones is 1. The van der Waals surface area contributed by atoms with E-state index in [2.05, 4.69) is 31.9 Å². The monoisotopic (exact) mass is 446 g/mol. The fraction of sp³-hybridized carbons (Fsp3) is 0.0833. The number of carbonyl (C=O) groups is 1.